The number of carbonyl (C=O) groups excluding carboxylic acids is 2. The van der Waals surface area contributed by atoms with Crippen molar-refractivity contribution in [2.24, 2.45) is 5.10 Å². The standard InChI is InChI=1S/C22H22F3N3O2/c1-15(17-8-5-9-18(14-17)22(23,24)25)26-20(29)10-11-21(30)28-13-12-19(27-28)16-6-3-2-4-7-16/h2-9,14-15H,10-13H2,1H3,(H,26,29). The van der Waals surface area contributed by atoms with E-state index in [2.05, 4.69) is 10.4 Å². The van der Waals surface area contributed by atoms with E-state index in [9.17, 15) is 22.8 Å². The first-order chi connectivity index (χ1) is 14.2. The van der Waals surface area contributed by atoms with E-state index < -0.39 is 23.7 Å². The Morgan fingerprint density at radius 3 is 2.53 bits per heavy atom. The number of hydrogen-bond donors (Lipinski definition) is 1. The summed E-state index contributed by atoms with van der Waals surface area (Å²) in [5.74, 6) is -0.664. The van der Waals surface area contributed by atoms with E-state index in [0.717, 1.165) is 23.4 Å². The zero-order valence-electron chi connectivity index (χ0n) is 16.4. The summed E-state index contributed by atoms with van der Waals surface area (Å²) in [5, 5.41) is 8.35. The molecule has 0 aromatic heterocycles. The number of nitrogens with zero attached hydrogens (tertiary/aromatic N) is 2. The molecular weight excluding hydrogens is 395 g/mol. The summed E-state index contributed by atoms with van der Waals surface area (Å²) in [6, 6.07) is 13.8. The number of halogens is 3. The molecule has 8 heteroatoms. The smallest absolute Gasteiger partial charge is 0.350 e. The Labute approximate surface area is 172 Å². The highest BCUT2D eigenvalue weighted by Gasteiger charge is 2.30. The second-order valence-corrected chi connectivity index (χ2v) is 7.09. The summed E-state index contributed by atoms with van der Waals surface area (Å²) in [5.41, 5.74) is 1.37. The van der Waals surface area contributed by atoms with Gasteiger partial charge in [-0.2, -0.15) is 18.3 Å². The summed E-state index contributed by atoms with van der Waals surface area (Å²) in [6.07, 6.45) is -3.88. The van der Waals surface area contributed by atoms with Crippen LogP contribution in [-0.4, -0.2) is 29.1 Å². The predicted molar refractivity (Wildman–Crippen MR) is 107 cm³/mol. The van der Waals surface area contributed by atoms with Crippen LogP contribution in [-0.2, 0) is 15.8 Å². The molecule has 1 N–H and O–H groups in total. The molecule has 0 aliphatic carbocycles. The highest BCUT2D eigenvalue weighted by molar-refractivity contribution is 6.02. The van der Waals surface area contributed by atoms with Crippen molar-refractivity contribution >= 4 is 17.5 Å². The van der Waals surface area contributed by atoms with Crippen LogP contribution in [0.4, 0.5) is 13.2 Å². The predicted octanol–water partition coefficient (Wildman–Crippen LogP) is 4.30. The summed E-state index contributed by atoms with van der Waals surface area (Å²) in [4.78, 5) is 24.5. The molecule has 3 rings (SSSR count). The van der Waals surface area contributed by atoms with Gasteiger partial charge in [0.1, 0.15) is 0 Å². The zero-order chi connectivity index (χ0) is 21.7. The molecule has 0 saturated carbocycles. The van der Waals surface area contributed by atoms with E-state index in [4.69, 9.17) is 0 Å². The highest BCUT2D eigenvalue weighted by Crippen LogP contribution is 2.30. The van der Waals surface area contributed by atoms with Crippen LogP contribution in [0.25, 0.3) is 0 Å². The number of carbonyl (C=O) groups is 2. The van der Waals surface area contributed by atoms with Crippen molar-refractivity contribution in [3.8, 4) is 0 Å². The molecule has 2 amide bonds. The maximum absolute atomic E-state index is 12.8. The molecule has 0 bridgehead atoms. The van der Waals surface area contributed by atoms with Crippen molar-refractivity contribution in [2.75, 3.05) is 6.54 Å². The number of nitrogens with one attached hydrogen (secondary N) is 1. The lowest BCUT2D eigenvalue weighted by atomic mass is 10.0. The molecule has 1 unspecified atom stereocenters. The number of rotatable bonds is 6. The first-order valence-corrected chi connectivity index (χ1v) is 9.64. The van der Waals surface area contributed by atoms with Crippen LogP contribution in [0.15, 0.2) is 59.7 Å². The fourth-order valence-corrected chi connectivity index (χ4v) is 3.20. The molecule has 1 atom stereocenters. The van der Waals surface area contributed by atoms with Gasteiger partial charge in [0.25, 0.3) is 0 Å². The van der Waals surface area contributed by atoms with Crippen molar-refractivity contribution in [3.05, 3.63) is 71.3 Å². The van der Waals surface area contributed by atoms with Gasteiger partial charge in [0.05, 0.1) is 23.9 Å². The van der Waals surface area contributed by atoms with Crippen molar-refractivity contribution in [1.82, 2.24) is 10.3 Å². The van der Waals surface area contributed by atoms with E-state index in [0.29, 0.717) is 18.5 Å². The molecule has 0 radical (unpaired) electrons. The third-order valence-electron chi connectivity index (χ3n) is 4.85. The van der Waals surface area contributed by atoms with E-state index >= 15 is 0 Å². The Kier molecular flexibility index (Phi) is 6.54. The molecule has 5 nitrogen and oxygen atoms in total. The number of amides is 2. The van der Waals surface area contributed by atoms with Gasteiger partial charge in [0.2, 0.25) is 11.8 Å². The molecule has 1 aliphatic heterocycles. The van der Waals surface area contributed by atoms with Gasteiger partial charge < -0.3 is 5.32 Å². The molecule has 30 heavy (non-hydrogen) atoms. The van der Waals surface area contributed by atoms with Gasteiger partial charge in [0, 0.05) is 19.3 Å². The fourth-order valence-electron chi connectivity index (χ4n) is 3.20. The molecule has 2 aromatic rings. The van der Waals surface area contributed by atoms with Crippen LogP contribution in [0.1, 0.15) is 48.9 Å². The minimum Gasteiger partial charge on any atom is -0.350 e. The van der Waals surface area contributed by atoms with Gasteiger partial charge >= 0.3 is 6.18 Å². The average molecular weight is 417 g/mol. The second-order valence-electron chi connectivity index (χ2n) is 7.09. The molecule has 0 spiro atoms. The topological polar surface area (TPSA) is 61.8 Å². The van der Waals surface area contributed by atoms with Gasteiger partial charge in [0.15, 0.2) is 0 Å². The van der Waals surface area contributed by atoms with Crippen molar-refractivity contribution < 1.29 is 22.8 Å². The third kappa shape index (κ3) is 5.46. The van der Waals surface area contributed by atoms with Gasteiger partial charge in [-0.15, -0.1) is 0 Å². The quantitative estimate of drug-likeness (QED) is 0.762. The highest BCUT2D eigenvalue weighted by atomic mass is 19.4. The van der Waals surface area contributed by atoms with Gasteiger partial charge in [-0.1, -0.05) is 42.5 Å². The normalized spacial score (nSPS) is 14.9. The lowest BCUT2D eigenvalue weighted by Gasteiger charge is -2.17. The summed E-state index contributed by atoms with van der Waals surface area (Å²) >= 11 is 0. The van der Waals surface area contributed by atoms with Crippen LogP contribution in [0, 0.1) is 0 Å². The minimum atomic E-state index is -4.44. The summed E-state index contributed by atoms with van der Waals surface area (Å²) < 4.78 is 38.5. The van der Waals surface area contributed by atoms with Crippen LogP contribution in [0.2, 0.25) is 0 Å². The number of hydrazone groups is 1. The molecule has 2 aromatic carbocycles. The van der Waals surface area contributed by atoms with Crippen molar-refractivity contribution in [1.29, 1.82) is 0 Å². The number of alkyl halides is 3. The number of hydrogen-bond acceptors (Lipinski definition) is 3. The van der Waals surface area contributed by atoms with E-state index in [1.54, 1.807) is 6.92 Å². The van der Waals surface area contributed by atoms with Gasteiger partial charge in [-0.3, -0.25) is 9.59 Å². The van der Waals surface area contributed by atoms with Crippen molar-refractivity contribution in [2.45, 2.75) is 38.4 Å². The largest absolute Gasteiger partial charge is 0.416 e. The number of benzene rings is 2. The van der Waals surface area contributed by atoms with E-state index in [1.807, 2.05) is 30.3 Å². The second kappa shape index (κ2) is 9.11. The monoisotopic (exact) mass is 417 g/mol. The van der Waals surface area contributed by atoms with E-state index in [1.165, 1.54) is 17.1 Å². The maximum atomic E-state index is 12.8. The minimum absolute atomic E-state index is 0.0211. The van der Waals surface area contributed by atoms with Crippen molar-refractivity contribution in [3.63, 3.8) is 0 Å². The van der Waals surface area contributed by atoms with Gasteiger partial charge in [-0.25, -0.2) is 5.01 Å². The van der Waals surface area contributed by atoms with Crippen LogP contribution >= 0.6 is 0 Å². The molecular formula is C22H22F3N3O2. The Morgan fingerprint density at radius 2 is 1.83 bits per heavy atom. The Bertz CT molecular complexity index is 942. The summed E-state index contributed by atoms with van der Waals surface area (Å²) in [7, 11) is 0. The molecule has 0 fully saturated rings. The lowest BCUT2D eigenvalue weighted by Crippen LogP contribution is -2.29. The van der Waals surface area contributed by atoms with E-state index in [-0.39, 0.29) is 18.7 Å². The molecule has 1 aliphatic rings. The fraction of sp³-hybridized carbons (Fsp3) is 0.318. The third-order valence-corrected chi connectivity index (χ3v) is 4.85. The maximum Gasteiger partial charge on any atom is 0.416 e. The summed E-state index contributed by atoms with van der Waals surface area (Å²) in [6.45, 7) is 2.07. The van der Waals surface area contributed by atoms with Crippen LogP contribution in [0.5, 0.6) is 0 Å². The lowest BCUT2D eigenvalue weighted by molar-refractivity contribution is -0.137. The Morgan fingerprint density at radius 1 is 1.10 bits per heavy atom. The Balaban J connectivity index is 1.51. The average Bonchev–Trinajstić information content (AvgIpc) is 3.22. The Hall–Kier alpha value is -3.16. The SMILES string of the molecule is CC(NC(=O)CCC(=O)N1CCC(c2ccccc2)=N1)c1cccc(C(F)(F)F)c1. The molecule has 0 saturated heterocycles. The first kappa shape index (κ1) is 21.5. The van der Waals surface area contributed by atoms with Crippen LogP contribution in [0.3, 0.4) is 0 Å². The van der Waals surface area contributed by atoms with Gasteiger partial charge in [-0.05, 0) is 30.2 Å². The van der Waals surface area contributed by atoms with Crippen LogP contribution < -0.4 is 5.32 Å². The first-order valence-electron chi connectivity index (χ1n) is 9.64. The molecule has 158 valence electrons. The molecule has 1 heterocycles. The zero-order valence-corrected chi connectivity index (χ0v) is 16.4.